The van der Waals surface area contributed by atoms with Crippen LogP contribution in [0.3, 0.4) is 0 Å². The molecule has 0 aliphatic carbocycles. The molecule has 0 bridgehead atoms. The molecule has 12 heteroatoms. The largest absolute Gasteiger partial charge is 0.416 e. The molecule has 4 N–H and O–H groups in total. The van der Waals surface area contributed by atoms with E-state index in [1.807, 2.05) is 32.2 Å². The smallest absolute Gasteiger partial charge is 0.339 e. The molecular weight excluding hydrogens is 557 g/mol. The van der Waals surface area contributed by atoms with Crippen molar-refractivity contribution < 1.29 is 18.0 Å². The molecule has 0 radical (unpaired) electrons. The summed E-state index contributed by atoms with van der Waals surface area (Å²) in [5.41, 5.74) is 3.26. The second kappa shape index (κ2) is 12.7. The number of hydrogen-bond acceptors (Lipinski definition) is 8. The molecule has 1 amide bonds. The predicted octanol–water partition coefficient (Wildman–Crippen LogP) is 6.72. The normalized spacial score (nSPS) is 11.2. The van der Waals surface area contributed by atoms with Gasteiger partial charge in [-0.1, -0.05) is 12.1 Å². The van der Waals surface area contributed by atoms with Crippen molar-refractivity contribution in [2.24, 2.45) is 0 Å². The Morgan fingerprint density at radius 1 is 0.837 bits per heavy atom. The summed E-state index contributed by atoms with van der Waals surface area (Å²) in [6, 6.07) is 18.7. The topological polar surface area (TPSA) is 117 Å². The number of halogens is 3. The van der Waals surface area contributed by atoms with Crippen LogP contribution < -0.4 is 21.3 Å². The molecule has 3 aromatic heterocycles. The molecular formula is C31H27F3N8O. The molecule has 0 aliphatic rings. The lowest BCUT2D eigenvalue weighted by Crippen LogP contribution is -2.14. The summed E-state index contributed by atoms with van der Waals surface area (Å²) in [5, 5.41) is 12.3. The maximum Gasteiger partial charge on any atom is 0.416 e. The first-order chi connectivity index (χ1) is 20.7. The van der Waals surface area contributed by atoms with Crippen molar-refractivity contribution in [3.8, 4) is 11.3 Å². The number of carbonyl (C=O) groups excluding carboxylic acids is 1. The molecule has 3 heterocycles. The fraction of sp³-hybridized carbons (Fsp3) is 0.129. The second-order valence-corrected chi connectivity index (χ2v) is 9.58. The van der Waals surface area contributed by atoms with Gasteiger partial charge in [-0.25, -0.2) is 19.9 Å². The minimum Gasteiger partial charge on any atom is -0.339 e. The molecule has 0 unspecified atom stereocenters. The van der Waals surface area contributed by atoms with Gasteiger partial charge in [0.15, 0.2) is 0 Å². The highest BCUT2D eigenvalue weighted by Crippen LogP contribution is 2.32. The minimum absolute atomic E-state index is 0.103. The Bertz CT molecular complexity index is 1760. The van der Waals surface area contributed by atoms with Gasteiger partial charge in [-0.05, 0) is 79.7 Å². The first-order valence-electron chi connectivity index (χ1n) is 13.2. The van der Waals surface area contributed by atoms with Crippen LogP contribution in [0.15, 0.2) is 91.5 Å². The van der Waals surface area contributed by atoms with Crippen LogP contribution in [0.1, 0.15) is 27.0 Å². The van der Waals surface area contributed by atoms with Crippen LogP contribution >= 0.6 is 0 Å². The Labute approximate surface area is 245 Å². The predicted molar refractivity (Wildman–Crippen MR) is 159 cm³/mol. The minimum atomic E-state index is -4.55. The van der Waals surface area contributed by atoms with E-state index in [1.54, 1.807) is 42.7 Å². The maximum atomic E-state index is 13.1. The van der Waals surface area contributed by atoms with E-state index in [0.29, 0.717) is 46.6 Å². The third-order valence-electron chi connectivity index (χ3n) is 6.41. The van der Waals surface area contributed by atoms with Gasteiger partial charge in [0.05, 0.1) is 11.3 Å². The van der Waals surface area contributed by atoms with Gasteiger partial charge in [0.2, 0.25) is 0 Å². The molecule has 5 rings (SSSR count). The standard InChI is InChI=1S/C31H27F3N8O/c1-19-8-9-23(40-30(43)21-5-3-6-22(14-21)31(32,33)34)15-25(19)41-29-24(7-4-11-37-29)26-16-28(39-18-38-26)42-27-13-20(17-35-2)10-12-36-27/h3-16,18,35H,17H2,1-2H3,(H,37,41)(H,40,43)(H,36,38,39,42). The van der Waals surface area contributed by atoms with Gasteiger partial charge < -0.3 is 21.3 Å². The van der Waals surface area contributed by atoms with Crippen molar-refractivity contribution in [1.82, 2.24) is 25.3 Å². The van der Waals surface area contributed by atoms with Crippen molar-refractivity contribution in [2.75, 3.05) is 23.0 Å². The Morgan fingerprint density at radius 3 is 2.49 bits per heavy atom. The van der Waals surface area contributed by atoms with Gasteiger partial charge in [-0.3, -0.25) is 4.79 Å². The Balaban J connectivity index is 1.36. The second-order valence-electron chi connectivity index (χ2n) is 9.58. The van der Waals surface area contributed by atoms with Gasteiger partial charge >= 0.3 is 6.18 Å². The number of alkyl halides is 3. The molecule has 0 fully saturated rings. The summed E-state index contributed by atoms with van der Waals surface area (Å²) in [6.07, 6.45) is 0.254. The summed E-state index contributed by atoms with van der Waals surface area (Å²) in [5.74, 6) is 1.03. The van der Waals surface area contributed by atoms with E-state index in [2.05, 4.69) is 41.2 Å². The van der Waals surface area contributed by atoms with E-state index < -0.39 is 17.6 Å². The molecule has 0 saturated carbocycles. The van der Waals surface area contributed by atoms with Crippen molar-refractivity contribution in [2.45, 2.75) is 19.6 Å². The molecule has 0 spiro atoms. The van der Waals surface area contributed by atoms with E-state index in [1.165, 1.54) is 18.5 Å². The molecule has 43 heavy (non-hydrogen) atoms. The first kappa shape index (κ1) is 29.1. The third kappa shape index (κ3) is 7.29. The van der Waals surface area contributed by atoms with Crippen LogP contribution in [0, 0.1) is 6.92 Å². The lowest BCUT2D eigenvalue weighted by atomic mass is 10.1. The summed E-state index contributed by atoms with van der Waals surface area (Å²) in [4.78, 5) is 30.4. The Kier molecular flexibility index (Phi) is 8.58. The number of rotatable bonds is 9. The molecule has 218 valence electrons. The first-order valence-corrected chi connectivity index (χ1v) is 13.2. The summed E-state index contributed by atoms with van der Waals surface area (Å²) >= 11 is 0. The van der Waals surface area contributed by atoms with E-state index in [9.17, 15) is 18.0 Å². The van der Waals surface area contributed by atoms with Gasteiger partial charge in [0, 0.05) is 47.5 Å². The Morgan fingerprint density at radius 2 is 1.67 bits per heavy atom. The zero-order valence-corrected chi connectivity index (χ0v) is 23.2. The number of pyridine rings is 2. The zero-order valence-electron chi connectivity index (χ0n) is 23.2. The molecule has 0 atom stereocenters. The molecule has 9 nitrogen and oxygen atoms in total. The summed E-state index contributed by atoms with van der Waals surface area (Å²) in [7, 11) is 1.87. The fourth-order valence-corrected chi connectivity index (χ4v) is 4.27. The van der Waals surface area contributed by atoms with Crippen LogP contribution in [-0.4, -0.2) is 32.9 Å². The average Bonchev–Trinajstić information content (AvgIpc) is 2.99. The molecule has 2 aromatic carbocycles. The highest BCUT2D eigenvalue weighted by molar-refractivity contribution is 6.04. The highest BCUT2D eigenvalue weighted by Gasteiger charge is 2.31. The summed E-state index contributed by atoms with van der Waals surface area (Å²) < 4.78 is 39.3. The average molecular weight is 585 g/mol. The Hall–Kier alpha value is -5.36. The molecule has 0 aliphatic heterocycles. The number of nitrogens with zero attached hydrogens (tertiary/aromatic N) is 4. The van der Waals surface area contributed by atoms with E-state index in [-0.39, 0.29) is 5.56 Å². The number of anilines is 5. The number of aryl methyl sites for hydroxylation is 1. The monoisotopic (exact) mass is 584 g/mol. The van der Waals surface area contributed by atoms with E-state index in [4.69, 9.17) is 0 Å². The van der Waals surface area contributed by atoms with Crippen molar-refractivity contribution in [1.29, 1.82) is 0 Å². The van der Waals surface area contributed by atoms with Crippen LogP contribution in [-0.2, 0) is 12.7 Å². The lowest BCUT2D eigenvalue weighted by Gasteiger charge is -2.15. The lowest BCUT2D eigenvalue weighted by molar-refractivity contribution is -0.137. The number of nitrogens with one attached hydrogen (secondary N) is 4. The SMILES string of the molecule is CNCc1ccnc(Nc2cc(-c3cccnc3Nc3cc(NC(=O)c4cccc(C(F)(F)F)c4)ccc3C)ncn2)c1. The van der Waals surface area contributed by atoms with Gasteiger partial charge in [0.25, 0.3) is 5.91 Å². The van der Waals surface area contributed by atoms with Crippen LogP contribution in [0.2, 0.25) is 0 Å². The van der Waals surface area contributed by atoms with E-state index >= 15 is 0 Å². The van der Waals surface area contributed by atoms with Crippen LogP contribution in [0.5, 0.6) is 0 Å². The molecule has 0 saturated heterocycles. The fourth-order valence-electron chi connectivity index (χ4n) is 4.27. The summed E-state index contributed by atoms with van der Waals surface area (Å²) in [6.45, 7) is 2.58. The van der Waals surface area contributed by atoms with Gasteiger partial charge in [0.1, 0.15) is 23.8 Å². The molecule has 5 aromatic rings. The quantitative estimate of drug-likeness (QED) is 0.151. The van der Waals surface area contributed by atoms with Gasteiger partial charge in [-0.15, -0.1) is 0 Å². The number of benzene rings is 2. The number of amides is 1. The van der Waals surface area contributed by atoms with Crippen molar-refractivity contribution >= 4 is 34.7 Å². The zero-order chi connectivity index (χ0) is 30.4. The maximum absolute atomic E-state index is 13.1. The van der Waals surface area contributed by atoms with Crippen LogP contribution in [0.25, 0.3) is 11.3 Å². The van der Waals surface area contributed by atoms with Crippen molar-refractivity contribution in [3.05, 3.63) is 114 Å². The third-order valence-corrected chi connectivity index (χ3v) is 6.41. The number of hydrogen-bond donors (Lipinski definition) is 4. The van der Waals surface area contributed by atoms with E-state index in [0.717, 1.165) is 23.3 Å². The highest BCUT2D eigenvalue weighted by atomic mass is 19.4. The van der Waals surface area contributed by atoms with Crippen molar-refractivity contribution in [3.63, 3.8) is 0 Å². The number of carbonyl (C=O) groups is 1. The number of aromatic nitrogens is 4. The van der Waals surface area contributed by atoms with Crippen LogP contribution in [0.4, 0.5) is 42.0 Å². The van der Waals surface area contributed by atoms with Gasteiger partial charge in [-0.2, -0.15) is 13.2 Å².